The van der Waals surface area contributed by atoms with E-state index in [2.05, 4.69) is 17.5 Å². The summed E-state index contributed by atoms with van der Waals surface area (Å²) in [5, 5.41) is -0.631. The zero-order valence-corrected chi connectivity index (χ0v) is 9.88. The molecule has 2 N–H and O–H groups in total. The van der Waals surface area contributed by atoms with Crippen molar-refractivity contribution in [3.05, 3.63) is 35.0 Å². The van der Waals surface area contributed by atoms with Gasteiger partial charge in [0.05, 0.1) is 5.70 Å². The van der Waals surface area contributed by atoms with Gasteiger partial charge in [0, 0.05) is 24.3 Å². The first-order valence-electron chi connectivity index (χ1n) is 5.38. The average molecular weight is 238 g/mol. The number of halogens is 1. The Bertz CT molecular complexity index is 390. The molecule has 0 bridgehead atoms. The van der Waals surface area contributed by atoms with Crippen LogP contribution in [0, 0.1) is 0 Å². The van der Waals surface area contributed by atoms with Crippen molar-refractivity contribution in [1.82, 2.24) is 0 Å². The first-order valence-corrected chi connectivity index (χ1v) is 5.83. The van der Waals surface area contributed by atoms with Crippen LogP contribution in [-0.2, 0) is 0 Å². The largest absolute Gasteiger partial charge is 0.395 e. The molecule has 86 valence electrons. The maximum atomic E-state index is 12.8. The molecule has 1 aliphatic rings. The Morgan fingerprint density at radius 1 is 1.19 bits per heavy atom. The summed E-state index contributed by atoms with van der Waals surface area (Å²) in [6.45, 7) is 2.21. The van der Waals surface area contributed by atoms with Crippen molar-refractivity contribution in [1.29, 1.82) is 0 Å². The lowest BCUT2D eigenvalue weighted by Crippen LogP contribution is -2.17. The molecular formula is C12H15FN2S. The lowest BCUT2D eigenvalue weighted by atomic mass is 10.1. The van der Waals surface area contributed by atoms with Crippen molar-refractivity contribution in [3.8, 4) is 0 Å². The third-order valence-corrected chi connectivity index (χ3v) is 3.11. The highest BCUT2D eigenvalue weighted by Gasteiger charge is 2.12. The van der Waals surface area contributed by atoms with Crippen molar-refractivity contribution in [2.24, 2.45) is 5.73 Å². The predicted octanol–water partition coefficient (Wildman–Crippen LogP) is 2.77. The maximum Gasteiger partial charge on any atom is 0.177 e. The molecule has 0 saturated carbocycles. The van der Waals surface area contributed by atoms with Crippen LogP contribution in [0.3, 0.4) is 0 Å². The van der Waals surface area contributed by atoms with Gasteiger partial charge in [0.25, 0.3) is 0 Å². The summed E-state index contributed by atoms with van der Waals surface area (Å²) in [5.41, 5.74) is 7.50. The van der Waals surface area contributed by atoms with Crippen LogP contribution in [0.4, 0.5) is 10.1 Å². The quantitative estimate of drug-likeness (QED) is 0.776. The van der Waals surface area contributed by atoms with Gasteiger partial charge in [0.2, 0.25) is 0 Å². The van der Waals surface area contributed by atoms with Crippen LogP contribution in [0.25, 0.3) is 5.70 Å². The summed E-state index contributed by atoms with van der Waals surface area (Å²) in [4.78, 5) is 2.32. The number of thiol groups is 1. The predicted molar refractivity (Wildman–Crippen MR) is 69.1 cm³/mol. The summed E-state index contributed by atoms with van der Waals surface area (Å²) < 4.78 is 12.8. The Balaban J connectivity index is 2.19. The van der Waals surface area contributed by atoms with E-state index < -0.39 is 5.16 Å². The molecule has 1 aromatic rings. The fourth-order valence-corrected chi connectivity index (χ4v) is 2.08. The number of hydrogen-bond donors (Lipinski definition) is 2. The lowest BCUT2D eigenvalue weighted by molar-refractivity contribution is 0.703. The van der Waals surface area contributed by atoms with E-state index in [1.807, 2.05) is 24.3 Å². The van der Waals surface area contributed by atoms with Gasteiger partial charge in [0.1, 0.15) is 0 Å². The molecule has 1 saturated heterocycles. The number of anilines is 1. The molecule has 1 aromatic carbocycles. The first-order chi connectivity index (χ1) is 7.68. The van der Waals surface area contributed by atoms with Crippen molar-refractivity contribution in [2.45, 2.75) is 12.8 Å². The molecule has 0 atom stereocenters. The summed E-state index contributed by atoms with van der Waals surface area (Å²) in [6.07, 6.45) is 2.49. The minimum atomic E-state index is -0.631. The molecule has 0 radical (unpaired) electrons. The van der Waals surface area contributed by atoms with E-state index in [4.69, 9.17) is 5.73 Å². The minimum absolute atomic E-state index is 0.0938. The molecule has 0 aliphatic carbocycles. The Labute approximate surface area is 100 Å². The summed E-state index contributed by atoms with van der Waals surface area (Å²) in [7, 11) is 0. The van der Waals surface area contributed by atoms with Gasteiger partial charge in [-0.25, -0.2) is 0 Å². The monoisotopic (exact) mass is 238 g/mol. The molecule has 2 nitrogen and oxygen atoms in total. The van der Waals surface area contributed by atoms with Crippen molar-refractivity contribution in [2.75, 3.05) is 18.0 Å². The number of hydrogen-bond acceptors (Lipinski definition) is 3. The molecule has 0 spiro atoms. The van der Waals surface area contributed by atoms with Crippen molar-refractivity contribution in [3.63, 3.8) is 0 Å². The van der Waals surface area contributed by atoms with Gasteiger partial charge >= 0.3 is 0 Å². The number of nitrogens with two attached hydrogens (primary N) is 1. The van der Waals surface area contributed by atoms with Crippen LogP contribution < -0.4 is 10.6 Å². The van der Waals surface area contributed by atoms with Crippen LogP contribution in [0.5, 0.6) is 0 Å². The van der Waals surface area contributed by atoms with Gasteiger partial charge in [-0.3, -0.25) is 0 Å². The SMILES string of the molecule is N/C(=C(/F)S)c1ccc(N2CCCC2)cc1. The van der Waals surface area contributed by atoms with Gasteiger partial charge in [-0.2, -0.15) is 4.39 Å². The second-order valence-electron chi connectivity index (χ2n) is 3.95. The number of nitrogens with zero attached hydrogens (tertiary/aromatic N) is 1. The maximum absolute atomic E-state index is 12.8. The summed E-state index contributed by atoms with van der Waals surface area (Å²) >= 11 is 3.60. The van der Waals surface area contributed by atoms with Crippen LogP contribution in [-0.4, -0.2) is 13.1 Å². The molecule has 0 aromatic heterocycles. The Hall–Kier alpha value is -1.16. The molecule has 16 heavy (non-hydrogen) atoms. The normalized spacial score (nSPS) is 17.5. The molecule has 0 unspecified atom stereocenters. The second-order valence-corrected chi connectivity index (χ2v) is 4.34. The van der Waals surface area contributed by atoms with E-state index in [1.165, 1.54) is 18.5 Å². The van der Waals surface area contributed by atoms with Gasteiger partial charge < -0.3 is 10.6 Å². The molecule has 0 amide bonds. The third-order valence-electron chi connectivity index (χ3n) is 2.87. The zero-order chi connectivity index (χ0) is 11.5. The van der Waals surface area contributed by atoms with Crippen LogP contribution in [0.15, 0.2) is 29.4 Å². The Morgan fingerprint density at radius 2 is 1.75 bits per heavy atom. The molecule has 2 rings (SSSR count). The Morgan fingerprint density at radius 3 is 2.25 bits per heavy atom. The van der Waals surface area contributed by atoms with E-state index in [-0.39, 0.29) is 5.70 Å². The molecule has 1 heterocycles. The van der Waals surface area contributed by atoms with Crippen molar-refractivity contribution < 1.29 is 4.39 Å². The standard InChI is InChI=1S/C12H15FN2S/c13-12(16)11(14)9-3-5-10(6-4-9)15-7-1-2-8-15/h3-6,16H,1-2,7-8,14H2/b12-11-. The smallest absolute Gasteiger partial charge is 0.177 e. The highest BCUT2D eigenvalue weighted by atomic mass is 32.1. The molecule has 1 fully saturated rings. The topological polar surface area (TPSA) is 29.3 Å². The van der Waals surface area contributed by atoms with Gasteiger partial charge in [-0.1, -0.05) is 12.1 Å². The minimum Gasteiger partial charge on any atom is -0.395 e. The highest BCUT2D eigenvalue weighted by molar-refractivity contribution is 7.84. The van der Waals surface area contributed by atoms with Gasteiger partial charge in [0.15, 0.2) is 5.16 Å². The molecule has 1 aliphatic heterocycles. The number of benzene rings is 1. The van der Waals surface area contributed by atoms with E-state index in [0.29, 0.717) is 5.56 Å². The fourth-order valence-electron chi connectivity index (χ4n) is 1.95. The summed E-state index contributed by atoms with van der Waals surface area (Å²) in [6, 6.07) is 7.62. The first kappa shape index (κ1) is 11.3. The van der Waals surface area contributed by atoms with Gasteiger partial charge in [-0.15, -0.1) is 12.6 Å². The van der Waals surface area contributed by atoms with E-state index in [1.54, 1.807) is 0 Å². The lowest BCUT2D eigenvalue weighted by Gasteiger charge is -2.17. The van der Waals surface area contributed by atoms with Crippen molar-refractivity contribution >= 4 is 24.0 Å². The summed E-state index contributed by atoms with van der Waals surface area (Å²) in [5.74, 6) is 0. The van der Waals surface area contributed by atoms with Crippen LogP contribution >= 0.6 is 12.6 Å². The Kier molecular flexibility index (Phi) is 3.39. The average Bonchev–Trinajstić information content (AvgIpc) is 2.81. The van der Waals surface area contributed by atoms with Crippen LogP contribution in [0.1, 0.15) is 18.4 Å². The zero-order valence-electron chi connectivity index (χ0n) is 8.99. The van der Waals surface area contributed by atoms with Gasteiger partial charge in [-0.05, 0) is 25.0 Å². The third kappa shape index (κ3) is 2.32. The number of rotatable bonds is 2. The second kappa shape index (κ2) is 4.78. The molecular weight excluding hydrogens is 223 g/mol. The van der Waals surface area contributed by atoms with E-state index in [0.717, 1.165) is 13.1 Å². The fraction of sp³-hybridized carbons (Fsp3) is 0.333. The van der Waals surface area contributed by atoms with Crippen LogP contribution in [0.2, 0.25) is 0 Å². The molecule has 4 heteroatoms. The highest BCUT2D eigenvalue weighted by Crippen LogP contribution is 2.23. The van der Waals surface area contributed by atoms with E-state index >= 15 is 0 Å². The van der Waals surface area contributed by atoms with E-state index in [9.17, 15) is 4.39 Å².